The first-order valence-electron chi connectivity index (χ1n) is 11.6. The third-order valence-electron chi connectivity index (χ3n) is 4.76. The zero-order chi connectivity index (χ0) is 28.2. The molecule has 0 heterocycles. The van der Waals surface area contributed by atoms with Gasteiger partial charge in [0.25, 0.3) is 0 Å². The monoisotopic (exact) mass is 522 g/mol. The minimum absolute atomic E-state index is 0.00961. The van der Waals surface area contributed by atoms with Crippen molar-refractivity contribution in [1.29, 1.82) is 0 Å². The summed E-state index contributed by atoms with van der Waals surface area (Å²) in [6, 6.07) is 11.4. The number of benzene rings is 2. The summed E-state index contributed by atoms with van der Waals surface area (Å²) in [6.45, 7) is 14.9. The normalized spacial score (nSPS) is 10.1. The summed E-state index contributed by atoms with van der Waals surface area (Å²) < 4.78 is 26.2. The Labute approximate surface area is 221 Å². The number of hydrogen-bond acceptors (Lipinski definition) is 9. The molecule has 9 nitrogen and oxygen atoms in total. The second-order valence-corrected chi connectivity index (χ2v) is 8.22. The molecule has 0 unspecified atom stereocenters. The molecule has 2 rings (SSSR count). The highest BCUT2D eigenvalue weighted by Gasteiger charge is 2.15. The maximum Gasteiger partial charge on any atom is 0.338 e. The number of ether oxygens (including phenoxy) is 5. The van der Waals surface area contributed by atoms with Crippen molar-refractivity contribution in [1.82, 2.24) is 0 Å². The summed E-state index contributed by atoms with van der Waals surface area (Å²) in [5.41, 5.74) is 2.30. The molecule has 0 aliphatic rings. The van der Waals surface area contributed by atoms with Crippen molar-refractivity contribution in [2.45, 2.75) is 20.8 Å². The van der Waals surface area contributed by atoms with E-state index in [9.17, 15) is 19.2 Å². The molecule has 0 saturated carbocycles. The van der Waals surface area contributed by atoms with Crippen LogP contribution in [0, 0.1) is 0 Å². The van der Waals surface area contributed by atoms with E-state index in [4.69, 9.17) is 23.7 Å². The zero-order valence-corrected chi connectivity index (χ0v) is 21.7. The second kappa shape index (κ2) is 14.2. The Balaban J connectivity index is 2.19. The van der Waals surface area contributed by atoms with Crippen molar-refractivity contribution in [2.75, 3.05) is 26.4 Å². The Hall–Kier alpha value is -4.66. The fourth-order valence-electron chi connectivity index (χ4n) is 2.79. The first-order chi connectivity index (χ1) is 18.0. The Morgan fingerprint density at radius 2 is 1.18 bits per heavy atom. The largest absolute Gasteiger partial charge is 0.489 e. The summed E-state index contributed by atoms with van der Waals surface area (Å²) in [7, 11) is 0. The molecule has 0 fully saturated rings. The number of carbonyl (C=O) groups excluding carboxylic acids is 4. The predicted octanol–water partition coefficient (Wildman–Crippen LogP) is 4.61. The van der Waals surface area contributed by atoms with E-state index < -0.39 is 23.9 Å². The second-order valence-electron chi connectivity index (χ2n) is 8.22. The van der Waals surface area contributed by atoms with Crippen LogP contribution >= 0.6 is 0 Å². The molecule has 0 aliphatic heterocycles. The first kappa shape index (κ1) is 29.6. The lowest BCUT2D eigenvalue weighted by Crippen LogP contribution is -2.15. The van der Waals surface area contributed by atoms with E-state index >= 15 is 0 Å². The first-order valence-corrected chi connectivity index (χ1v) is 11.6. The van der Waals surface area contributed by atoms with Gasteiger partial charge in [0, 0.05) is 22.3 Å². The van der Waals surface area contributed by atoms with Gasteiger partial charge >= 0.3 is 23.9 Å². The van der Waals surface area contributed by atoms with Crippen LogP contribution in [0.25, 0.3) is 11.1 Å². The maximum atomic E-state index is 12.5. The molecule has 200 valence electrons. The van der Waals surface area contributed by atoms with E-state index in [0.717, 1.165) is 0 Å². The van der Waals surface area contributed by atoms with Crippen molar-refractivity contribution in [3.63, 3.8) is 0 Å². The minimum atomic E-state index is -0.650. The van der Waals surface area contributed by atoms with E-state index in [1.54, 1.807) is 43.3 Å². The summed E-state index contributed by atoms with van der Waals surface area (Å²) in [4.78, 5) is 47.4. The van der Waals surface area contributed by atoms with E-state index in [1.165, 1.54) is 19.9 Å². The minimum Gasteiger partial charge on any atom is -0.489 e. The van der Waals surface area contributed by atoms with Crippen molar-refractivity contribution < 1.29 is 42.9 Å². The van der Waals surface area contributed by atoms with Gasteiger partial charge in [-0.25, -0.2) is 19.2 Å². The van der Waals surface area contributed by atoms with Crippen LogP contribution in [0.4, 0.5) is 0 Å². The van der Waals surface area contributed by atoms with Gasteiger partial charge in [-0.05, 0) is 56.7 Å². The van der Waals surface area contributed by atoms with Gasteiger partial charge in [0.2, 0.25) is 0 Å². The van der Waals surface area contributed by atoms with E-state index in [-0.39, 0.29) is 48.7 Å². The number of carbonyl (C=O) groups is 4. The van der Waals surface area contributed by atoms with Gasteiger partial charge in [-0.2, -0.15) is 0 Å². The molecule has 0 aromatic heterocycles. The molecule has 0 bridgehead atoms. The lowest BCUT2D eigenvalue weighted by molar-refractivity contribution is -0.140. The lowest BCUT2D eigenvalue weighted by Gasteiger charge is -2.14. The quantitative estimate of drug-likeness (QED) is 0.122. The molecule has 2 aromatic carbocycles. The predicted molar refractivity (Wildman–Crippen MR) is 140 cm³/mol. The fourth-order valence-corrected chi connectivity index (χ4v) is 2.79. The van der Waals surface area contributed by atoms with Crippen LogP contribution in [-0.4, -0.2) is 50.3 Å². The Kier molecular flexibility index (Phi) is 11.0. The molecular formula is C29H30O9. The number of hydrogen-bond donors (Lipinski definition) is 0. The highest BCUT2D eigenvalue weighted by atomic mass is 16.6. The molecule has 0 saturated heterocycles. The Morgan fingerprint density at radius 1 is 0.658 bits per heavy atom. The average Bonchev–Trinajstić information content (AvgIpc) is 2.88. The molecule has 0 amide bonds. The number of rotatable bonds is 13. The van der Waals surface area contributed by atoms with Crippen LogP contribution in [-0.2, 0) is 28.6 Å². The van der Waals surface area contributed by atoms with Gasteiger partial charge in [-0.15, -0.1) is 0 Å². The van der Waals surface area contributed by atoms with E-state index in [2.05, 4.69) is 19.7 Å². The Morgan fingerprint density at radius 3 is 1.74 bits per heavy atom. The van der Waals surface area contributed by atoms with Crippen molar-refractivity contribution >= 4 is 23.9 Å². The van der Waals surface area contributed by atoms with Crippen LogP contribution < -0.4 is 9.47 Å². The van der Waals surface area contributed by atoms with Gasteiger partial charge in [0.15, 0.2) is 0 Å². The van der Waals surface area contributed by atoms with Crippen molar-refractivity contribution in [2.24, 2.45) is 0 Å². The molecule has 0 atom stereocenters. The summed E-state index contributed by atoms with van der Waals surface area (Å²) in [6.07, 6.45) is 0. The highest BCUT2D eigenvalue weighted by molar-refractivity contribution is 5.92. The molecule has 0 radical (unpaired) electrons. The molecule has 2 aromatic rings. The summed E-state index contributed by atoms with van der Waals surface area (Å²) in [5, 5.41) is 0. The highest BCUT2D eigenvalue weighted by Crippen LogP contribution is 2.32. The van der Waals surface area contributed by atoms with Gasteiger partial charge in [0.05, 0.1) is 5.56 Å². The standard InChI is InChI=1S/C29H30O9/c1-18(2)26(30)35-14-13-34-25-17-22(29(33)37-16-15-36-27(31)19(3)4)9-12-24(25)21-7-10-23(11-8-21)38-28(32)20(5)6/h7-12,17H,1,3,5,13-16H2,2,4,6H3. The van der Waals surface area contributed by atoms with Crippen LogP contribution in [0.1, 0.15) is 31.1 Å². The third kappa shape index (κ3) is 9.09. The summed E-state index contributed by atoms with van der Waals surface area (Å²) >= 11 is 0. The Bertz CT molecular complexity index is 1240. The maximum absolute atomic E-state index is 12.5. The van der Waals surface area contributed by atoms with Crippen LogP contribution in [0.15, 0.2) is 78.9 Å². The van der Waals surface area contributed by atoms with E-state index in [1.807, 2.05) is 0 Å². The molecule has 0 aliphatic carbocycles. The average molecular weight is 523 g/mol. The number of esters is 4. The van der Waals surface area contributed by atoms with Gasteiger partial charge in [-0.1, -0.05) is 31.9 Å². The zero-order valence-electron chi connectivity index (χ0n) is 21.7. The summed E-state index contributed by atoms with van der Waals surface area (Å²) in [5.74, 6) is -1.64. The molecular weight excluding hydrogens is 492 g/mol. The van der Waals surface area contributed by atoms with Crippen LogP contribution in [0.5, 0.6) is 11.5 Å². The topological polar surface area (TPSA) is 114 Å². The van der Waals surface area contributed by atoms with Crippen molar-refractivity contribution in [3.05, 3.63) is 84.5 Å². The smallest absolute Gasteiger partial charge is 0.338 e. The fraction of sp³-hybridized carbons (Fsp3) is 0.241. The molecule has 0 spiro atoms. The van der Waals surface area contributed by atoms with Gasteiger partial charge in [0.1, 0.15) is 37.9 Å². The van der Waals surface area contributed by atoms with Gasteiger partial charge < -0.3 is 23.7 Å². The van der Waals surface area contributed by atoms with E-state index in [0.29, 0.717) is 22.6 Å². The van der Waals surface area contributed by atoms with Crippen molar-refractivity contribution in [3.8, 4) is 22.6 Å². The lowest BCUT2D eigenvalue weighted by atomic mass is 10.0. The molecule has 38 heavy (non-hydrogen) atoms. The molecule has 9 heteroatoms. The third-order valence-corrected chi connectivity index (χ3v) is 4.76. The SMILES string of the molecule is C=C(C)C(=O)OCCOC(=O)c1ccc(-c2ccc(OC(=O)C(=C)C)cc2)c(OCCOC(=O)C(=C)C)c1. The van der Waals surface area contributed by atoms with Gasteiger partial charge in [-0.3, -0.25) is 0 Å². The molecule has 0 N–H and O–H groups in total. The van der Waals surface area contributed by atoms with Crippen LogP contribution in [0.2, 0.25) is 0 Å². The van der Waals surface area contributed by atoms with Crippen LogP contribution in [0.3, 0.4) is 0 Å².